The van der Waals surface area contributed by atoms with Crippen LogP contribution in [-0.4, -0.2) is 19.9 Å². The summed E-state index contributed by atoms with van der Waals surface area (Å²) >= 11 is 1.69. The number of hydrogen-bond donors (Lipinski definition) is 0. The molecule has 248 valence electrons. The Labute approximate surface area is 306 Å². The van der Waals surface area contributed by atoms with Gasteiger partial charge < -0.3 is 8.83 Å². The van der Waals surface area contributed by atoms with E-state index in [1.165, 1.54) is 0 Å². The van der Waals surface area contributed by atoms with Gasteiger partial charge in [-0.3, -0.25) is 0 Å². The van der Waals surface area contributed by atoms with Crippen molar-refractivity contribution < 1.29 is 8.83 Å². The summed E-state index contributed by atoms with van der Waals surface area (Å²) in [5.41, 5.74) is 9.99. The van der Waals surface area contributed by atoms with E-state index in [1.54, 1.807) is 11.3 Å². The highest BCUT2D eigenvalue weighted by Gasteiger charge is 2.20. The van der Waals surface area contributed by atoms with E-state index in [2.05, 4.69) is 66.7 Å². The van der Waals surface area contributed by atoms with E-state index in [-0.39, 0.29) is 0 Å². The maximum atomic E-state index is 6.42. The van der Waals surface area contributed by atoms with Crippen molar-refractivity contribution >= 4 is 65.4 Å². The fourth-order valence-electron chi connectivity index (χ4n) is 7.28. The Hall–Kier alpha value is -6.96. The van der Waals surface area contributed by atoms with Crippen LogP contribution in [0.15, 0.2) is 167 Å². The van der Waals surface area contributed by atoms with Crippen LogP contribution in [0.3, 0.4) is 0 Å². The summed E-state index contributed by atoms with van der Waals surface area (Å²) in [6.45, 7) is 0. The van der Waals surface area contributed by atoms with Gasteiger partial charge in [-0.25, -0.2) is 19.9 Å². The van der Waals surface area contributed by atoms with Crippen molar-refractivity contribution in [1.29, 1.82) is 0 Å². The van der Waals surface area contributed by atoms with Gasteiger partial charge in [0.25, 0.3) is 0 Å². The van der Waals surface area contributed by atoms with Gasteiger partial charge in [0.15, 0.2) is 17.5 Å². The summed E-state index contributed by atoms with van der Waals surface area (Å²) in [4.78, 5) is 20.3. The number of aromatic nitrogens is 4. The van der Waals surface area contributed by atoms with Crippen molar-refractivity contribution in [3.8, 4) is 55.9 Å². The first-order valence-electron chi connectivity index (χ1n) is 17.4. The molecule has 4 aromatic heterocycles. The lowest BCUT2D eigenvalue weighted by molar-refractivity contribution is 0.669. The molecule has 11 aromatic rings. The first kappa shape index (κ1) is 29.7. The van der Waals surface area contributed by atoms with E-state index in [0.717, 1.165) is 92.5 Å². The maximum absolute atomic E-state index is 6.42. The quantitative estimate of drug-likeness (QED) is 0.178. The molecule has 0 saturated carbocycles. The molecule has 0 amide bonds. The molecule has 0 spiro atoms. The predicted molar refractivity (Wildman–Crippen MR) is 215 cm³/mol. The number of furan rings is 2. The molecule has 0 aliphatic heterocycles. The molecule has 6 nitrogen and oxygen atoms in total. The van der Waals surface area contributed by atoms with Gasteiger partial charge >= 0.3 is 0 Å². The number of hydrogen-bond acceptors (Lipinski definition) is 7. The van der Waals surface area contributed by atoms with Crippen LogP contribution in [0.2, 0.25) is 0 Å². The van der Waals surface area contributed by atoms with Gasteiger partial charge in [-0.15, -0.1) is 11.3 Å². The van der Waals surface area contributed by atoms with Crippen LogP contribution in [0.25, 0.3) is 110 Å². The van der Waals surface area contributed by atoms with Gasteiger partial charge in [0.2, 0.25) is 0 Å². The minimum Gasteiger partial charge on any atom is -0.456 e. The lowest BCUT2D eigenvalue weighted by Crippen LogP contribution is -2.00. The molecule has 11 rings (SSSR count). The van der Waals surface area contributed by atoms with Crippen molar-refractivity contribution in [2.75, 3.05) is 0 Å². The third kappa shape index (κ3) is 4.93. The second-order valence-corrected chi connectivity index (χ2v) is 14.0. The fraction of sp³-hybridized carbons (Fsp3) is 0. The standard InChI is InChI=1S/C46H26N4O2S/c1-2-11-27(12-3-1)43-48-44(29-14-8-13-28(25-29)31-16-9-17-33-32-15-4-6-20-37(32)52-42(31)33)50-45(49-43)34-18-10-21-39-41(34)35-26-30(23-24-38(35)51-39)46-47-36-19-5-7-22-40(36)53-46/h1-26H. The summed E-state index contributed by atoms with van der Waals surface area (Å²) in [5, 5.41) is 5.09. The molecule has 0 unspecified atom stereocenters. The van der Waals surface area contributed by atoms with Crippen molar-refractivity contribution in [1.82, 2.24) is 19.9 Å². The lowest BCUT2D eigenvalue weighted by Gasteiger charge is -2.10. The number of nitrogens with zero attached hydrogens (tertiary/aromatic N) is 4. The van der Waals surface area contributed by atoms with Crippen LogP contribution in [0.1, 0.15) is 0 Å². The Morgan fingerprint density at radius 3 is 2.00 bits per heavy atom. The molecule has 0 fully saturated rings. The first-order valence-corrected chi connectivity index (χ1v) is 18.2. The highest BCUT2D eigenvalue weighted by molar-refractivity contribution is 7.21. The van der Waals surface area contributed by atoms with Crippen LogP contribution in [0.5, 0.6) is 0 Å². The van der Waals surface area contributed by atoms with Crippen molar-refractivity contribution in [2.24, 2.45) is 0 Å². The van der Waals surface area contributed by atoms with Crippen LogP contribution in [-0.2, 0) is 0 Å². The molecule has 0 saturated heterocycles. The Kier molecular flexibility index (Phi) is 6.62. The van der Waals surface area contributed by atoms with Crippen LogP contribution < -0.4 is 0 Å². The van der Waals surface area contributed by atoms with E-state index in [9.17, 15) is 0 Å². The normalized spacial score (nSPS) is 11.8. The topological polar surface area (TPSA) is 77.8 Å². The Morgan fingerprint density at radius 1 is 0.396 bits per heavy atom. The summed E-state index contributed by atoms with van der Waals surface area (Å²) in [7, 11) is 0. The molecule has 0 bridgehead atoms. The smallest absolute Gasteiger partial charge is 0.164 e. The molecule has 7 heteroatoms. The molecular weight excluding hydrogens is 673 g/mol. The molecule has 0 radical (unpaired) electrons. The largest absolute Gasteiger partial charge is 0.456 e. The van der Waals surface area contributed by atoms with Gasteiger partial charge in [-0.2, -0.15) is 0 Å². The third-order valence-electron chi connectivity index (χ3n) is 9.78. The Bertz CT molecular complexity index is 3160. The zero-order chi connectivity index (χ0) is 34.9. The van der Waals surface area contributed by atoms with Gasteiger partial charge in [0.05, 0.1) is 10.2 Å². The molecule has 4 heterocycles. The fourth-order valence-corrected chi connectivity index (χ4v) is 8.25. The second-order valence-electron chi connectivity index (χ2n) is 13.0. The summed E-state index contributed by atoms with van der Waals surface area (Å²) in [5.74, 6) is 1.74. The highest BCUT2D eigenvalue weighted by Crippen LogP contribution is 2.40. The van der Waals surface area contributed by atoms with E-state index < -0.39 is 0 Å². The number of rotatable bonds is 5. The maximum Gasteiger partial charge on any atom is 0.164 e. The summed E-state index contributed by atoms with van der Waals surface area (Å²) in [6, 6.07) is 53.4. The minimum absolute atomic E-state index is 0.567. The van der Waals surface area contributed by atoms with Gasteiger partial charge in [0, 0.05) is 49.4 Å². The third-order valence-corrected chi connectivity index (χ3v) is 10.9. The Morgan fingerprint density at radius 2 is 1.08 bits per heavy atom. The average Bonchev–Trinajstić information content (AvgIpc) is 3.94. The predicted octanol–water partition coefficient (Wildman–Crippen LogP) is 12.6. The van der Waals surface area contributed by atoms with Gasteiger partial charge in [-0.1, -0.05) is 109 Å². The van der Waals surface area contributed by atoms with E-state index >= 15 is 0 Å². The number of para-hydroxylation sites is 3. The molecule has 53 heavy (non-hydrogen) atoms. The van der Waals surface area contributed by atoms with Crippen molar-refractivity contribution in [2.45, 2.75) is 0 Å². The zero-order valence-corrected chi connectivity index (χ0v) is 28.8. The molecule has 0 aliphatic carbocycles. The molecule has 0 N–H and O–H groups in total. The van der Waals surface area contributed by atoms with Crippen LogP contribution in [0.4, 0.5) is 0 Å². The van der Waals surface area contributed by atoms with E-state index in [0.29, 0.717) is 17.5 Å². The lowest BCUT2D eigenvalue weighted by atomic mass is 10.00. The number of benzene rings is 7. The van der Waals surface area contributed by atoms with E-state index in [1.807, 2.05) is 91.0 Å². The molecular formula is C46H26N4O2S. The average molecular weight is 699 g/mol. The SMILES string of the molecule is c1ccc(-c2nc(-c3cccc(-c4cccc5c4oc4ccccc45)c3)nc(-c3cccc4oc5ccc(-c6nc7ccccc7s6)cc5c34)n2)cc1. The number of thiazole rings is 1. The van der Waals surface area contributed by atoms with Crippen molar-refractivity contribution in [3.63, 3.8) is 0 Å². The van der Waals surface area contributed by atoms with Crippen molar-refractivity contribution in [3.05, 3.63) is 158 Å². The first-order chi connectivity index (χ1) is 26.2. The van der Waals surface area contributed by atoms with Gasteiger partial charge in [-0.05, 0) is 54.1 Å². The number of fused-ring (bicyclic) bond motifs is 7. The molecule has 0 atom stereocenters. The minimum atomic E-state index is 0.567. The monoisotopic (exact) mass is 698 g/mol. The molecule has 0 aliphatic rings. The highest BCUT2D eigenvalue weighted by atomic mass is 32.1. The summed E-state index contributed by atoms with van der Waals surface area (Å²) in [6.07, 6.45) is 0. The molecule has 7 aromatic carbocycles. The Balaban J connectivity index is 1.09. The van der Waals surface area contributed by atoms with E-state index in [4.69, 9.17) is 28.8 Å². The second kappa shape index (κ2) is 11.8. The van der Waals surface area contributed by atoms with Gasteiger partial charge in [0.1, 0.15) is 27.3 Å². The van der Waals surface area contributed by atoms with Crippen LogP contribution >= 0.6 is 11.3 Å². The van der Waals surface area contributed by atoms with Crippen LogP contribution in [0, 0.1) is 0 Å². The zero-order valence-electron chi connectivity index (χ0n) is 28.0. The summed E-state index contributed by atoms with van der Waals surface area (Å²) < 4.78 is 14.0.